The molecule has 0 saturated carbocycles. The lowest BCUT2D eigenvalue weighted by molar-refractivity contribution is 0.414. The summed E-state index contributed by atoms with van der Waals surface area (Å²) in [7, 11) is -3.87. The van der Waals surface area contributed by atoms with Gasteiger partial charge in [-0.05, 0) is 6.07 Å². The first-order valence-corrected chi connectivity index (χ1v) is 5.83. The van der Waals surface area contributed by atoms with Gasteiger partial charge in [-0.3, -0.25) is 4.79 Å². The standard InChI is InChI=1S/C9H8N2O4S/c10-16(13,14)8-4-2-1-3-6(8)7-5-15-11-9(7)12/h1-5H,(H,11,12)(H2,10,13,14). The van der Waals surface area contributed by atoms with Crippen molar-refractivity contribution in [2.75, 3.05) is 0 Å². The van der Waals surface area contributed by atoms with Crippen LogP contribution >= 0.6 is 0 Å². The number of hydrogen-bond donors (Lipinski definition) is 2. The molecule has 0 saturated heterocycles. The monoisotopic (exact) mass is 240 g/mol. The number of nitrogens with two attached hydrogens (primary N) is 1. The fourth-order valence-electron chi connectivity index (χ4n) is 1.37. The number of aromatic nitrogens is 1. The maximum absolute atomic E-state index is 11.3. The van der Waals surface area contributed by atoms with Gasteiger partial charge in [0, 0.05) is 5.56 Å². The van der Waals surface area contributed by atoms with Crippen LogP contribution in [-0.2, 0) is 10.0 Å². The summed E-state index contributed by atoms with van der Waals surface area (Å²) < 4.78 is 27.2. The van der Waals surface area contributed by atoms with Crippen molar-refractivity contribution >= 4 is 10.0 Å². The molecule has 1 aromatic carbocycles. The topological polar surface area (TPSA) is 106 Å². The Hall–Kier alpha value is -1.86. The molecule has 0 radical (unpaired) electrons. The van der Waals surface area contributed by atoms with Gasteiger partial charge in [0.1, 0.15) is 6.26 Å². The summed E-state index contributed by atoms with van der Waals surface area (Å²) in [5.74, 6) is 0. The van der Waals surface area contributed by atoms with Gasteiger partial charge < -0.3 is 4.52 Å². The van der Waals surface area contributed by atoms with Crippen molar-refractivity contribution in [3.63, 3.8) is 0 Å². The van der Waals surface area contributed by atoms with Crippen molar-refractivity contribution in [2.45, 2.75) is 4.90 Å². The highest BCUT2D eigenvalue weighted by Gasteiger charge is 2.17. The second-order valence-corrected chi connectivity index (χ2v) is 4.65. The van der Waals surface area contributed by atoms with Crippen LogP contribution in [0, 0.1) is 0 Å². The van der Waals surface area contributed by atoms with Crippen molar-refractivity contribution in [3.05, 3.63) is 40.9 Å². The molecule has 0 unspecified atom stereocenters. The zero-order valence-electron chi connectivity index (χ0n) is 8.01. The molecular formula is C9H8N2O4S. The van der Waals surface area contributed by atoms with E-state index in [0.29, 0.717) is 0 Å². The molecule has 3 N–H and O–H groups in total. The van der Waals surface area contributed by atoms with Gasteiger partial charge in [-0.1, -0.05) is 18.2 Å². The maximum atomic E-state index is 11.3. The molecule has 2 rings (SSSR count). The molecule has 6 nitrogen and oxygen atoms in total. The van der Waals surface area contributed by atoms with Crippen LogP contribution in [0.1, 0.15) is 0 Å². The van der Waals surface area contributed by atoms with Crippen molar-refractivity contribution < 1.29 is 12.9 Å². The van der Waals surface area contributed by atoms with E-state index in [9.17, 15) is 13.2 Å². The smallest absolute Gasteiger partial charge is 0.287 e. The fourth-order valence-corrected chi connectivity index (χ4v) is 2.13. The van der Waals surface area contributed by atoms with Crippen molar-refractivity contribution in [3.8, 4) is 11.1 Å². The quantitative estimate of drug-likeness (QED) is 0.786. The first kappa shape index (κ1) is 10.7. The molecule has 2 aromatic rings. The first-order chi connectivity index (χ1) is 7.50. The number of hydrogen-bond acceptors (Lipinski definition) is 4. The van der Waals surface area contributed by atoms with Gasteiger partial charge in [0.2, 0.25) is 10.0 Å². The average Bonchev–Trinajstić information content (AvgIpc) is 2.63. The van der Waals surface area contributed by atoms with E-state index in [1.807, 2.05) is 0 Å². The van der Waals surface area contributed by atoms with Crippen LogP contribution in [-0.4, -0.2) is 13.6 Å². The van der Waals surface area contributed by atoms with E-state index in [1.165, 1.54) is 18.2 Å². The number of rotatable bonds is 2. The minimum Gasteiger partial charge on any atom is -0.386 e. The molecule has 0 spiro atoms. The third kappa shape index (κ3) is 1.77. The Morgan fingerprint density at radius 3 is 2.44 bits per heavy atom. The van der Waals surface area contributed by atoms with Crippen LogP contribution in [0.4, 0.5) is 0 Å². The second kappa shape index (κ2) is 3.62. The highest BCUT2D eigenvalue weighted by atomic mass is 32.2. The minimum atomic E-state index is -3.87. The van der Waals surface area contributed by atoms with Gasteiger partial charge in [0.15, 0.2) is 0 Å². The number of benzene rings is 1. The lowest BCUT2D eigenvalue weighted by atomic mass is 10.1. The lowest BCUT2D eigenvalue weighted by Gasteiger charge is -2.03. The molecule has 0 amide bonds. The molecule has 0 aliphatic carbocycles. The Labute approximate surface area is 90.7 Å². The van der Waals surface area contributed by atoms with Gasteiger partial charge >= 0.3 is 0 Å². The average molecular weight is 240 g/mol. The molecule has 0 aliphatic rings. The van der Waals surface area contributed by atoms with Crippen LogP contribution in [0.3, 0.4) is 0 Å². The van der Waals surface area contributed by atoms with E-state index in [1.54, 1.807) is 6.07 Å². The third-order valence-corrected chi connectivity index (χ3v) is 3.03. The van der Waals surface area contributed by atoms with E-state index >= 15 is 0 Å². The van der Waals surface area contributed by atoms with E-state index in [4.69, 9.17) is 5.14 Å². The first-order valence-electron chi connectivity index (χ1n) is 4.28. The van der Waals surface area contributed by atoms with E-state index in [0.717, 1.165) is 6.26 Å². The highest BCUT2D eigenvalue weighted by molar-refractivity contribution is 7.89. The number of sulfonamides is 1. The summed E-state index contributed by atoms with van der Waals surface area (Å²) in [6, 6.07) is 5.95. The molecule has 1 heterocycles. The van der Waals surface area contributed by atoms with Crippen molar-refractivity contribution in [1.82, 2.24) is 5.16 Å². The molecule has 1 aromatic heterocycles. The van der Waals surface area contributed by atoms with Gasteiger partial charge in [0.25, 0.3) is 5.56 Å². The minimum absolute atomic E-state index is 0.109. The Morgan fingerprint density at radius 2 is 1.88 bits per heavy atom. The van der Waals surface area contributed by atoms with Gasteiger partial charge in [0.05, 0.1) is 10.5 Å². The Balaban J connectivity index is 2.77. The zero-order valence-corrected chi connectivity index (χ0v) is 8.82. The summed E-state index contributed by atoms with van der Waals surface area (Å²) in [4.78, 5) is 11.2. The summed E-state index contributed by atoms with van der Waals surface area (Å²) in [6.45, 7) is 0. The van der Waals surface area contributed by atoms with Crippen LogP contribution in [0.25, 0.3) is 11.1 Å². The fraction of sp³-hybridized carbons (Fsp3) is 0. The predicted molar refractivity (Wildman–Crippen MR) is 56.1 cm³/mol. The molecule has 0 aliphatic heterocycles. The van der Waals surface area contributed by atoms with E-state index < -0.39 is 15.6 Å². The SMILES string of the molecule is NS(=O)(=O)c1ccccc1-c1co[nH]c1=O. The number of aromatic amines is 1. The van der Waals surface area contributed by atoms with Crippen LogP contribution < -0.4 is 10.7 Å². The van der Waals surface area contributed by atoms with Gasteiger partial charge in [-0.25, -0.2) is 13.6 Å². The maximum Gasteiger partial charge on any atom is 0.287 e. The van der Waals surface area contributed by atoms with Crippen LogP contribution in [0.2, 0.25) is 0 Å². The van der Waals surface area contributed by atoms with Crippen LogP contribution in [0.5, 0.6) is 0 Å². The summed E-state index contributed by atoms with van der Waals surface area (Å²) in [5, 5.41) is 7.12. The van der Waals surface area contributed by atoms with Gasteiger partial charge in [-0.2, -0.15) is 5.16 Å². The second-order valence-electron chi connectivity index (χ2n) is 3.12. The van der Waals surface area contributed by atoms with Gasteiger partial charge in [-0.15, -0.1) is 0 Å². The Bertz CT molecular complexity index is 669. The van der Waals surface area contributed by atoms with Crippen molar-refractivity contribution in [2.24, 2.45) is 5.14 Å². The molecule has 0 bridgehead atoms. The molecule has 16 heavy (non-hydrogen) atoms. The molecule has 84 valence electrons. The largest absolute Gasteiger partial charge is 0.386 e. The molecule has 7 heteroatoms. The Kier molecular flexibility index (Phi) is 2.41. The number of nitrogens with one attached hydrogen (secondary N) is 1. The van der Waals surface area contributed by atoms with Crippen molar-refractivity contribution in [1.29, 1.82) is 0 Å². The number of H-pyrrole nitrogens is 1. The normalized spacial score (nSPS) is 11.6. The number of primary sulfonamides is 1. The molecular weight excluding hydrogens is 232 g/mol. The molecule has 0 fully saturated rings. The summed E-state index contributed by atoms with van der Waals surface area (Å²) in [5.41, 5.74) is -0.152. The Morgan fingerprint density at radius 1 is 1.19 bits per heavy atom. The van der Waals surface area contributed by atoms with E-state index in [-0.39, 0.29) is 16.0 Å². The van der Waals surface area contributed by atoms with Crippen LogP contribution in [0.15, 0.2) is 44.7 Å². The van der Waals surface area contributed by atoms with E-state index in [2.05, 4.69) is 9.68 Å². The summed E-state index contributed by atoms with van der Waals surface area (Å²) >= 11 is 0. The predicted octanol–water partition coefficient (Wildman–Crippen LogP) is 0.282. The third-order valence-electron chi connectivity index (χ3n) is 2.06. The molecule has 0 atom stereocenters. The summed E-state index contributed by atoms with van der Waals surface area (Å²) in [6.07, 6.45) is 1.15. The lowest BCUT2D eigenvalue weighted by Crippen LogP contribution is -2.14. The zero-order chi connectivity index (χ0) is 11.8. The highest BCUT2D eigenvalue weighted by Crippen LogP contribution is 2.23.